The molecule has 4 aromatic rings. The van der Waals surface area contributed by atoms with Crippen molar-refractivity contribution in [1.82, 2.24) is 30.9 Å². The highest BCUT2D eigenvalue weighted by molar-refractivity contribution is 6.39. The van der Waals surface area contributed by atoms with Crippen LogP contribution in [0.15, 0.2) is 54.9 Å². The second-order valence-corrected chi connectivity index (χ2v) is 12.8. The molecule has 2 aliphatic rings. The van der Waals surface area contributed by atoms with Crippen LogP contribution in [0.25, 0.3) is 22.5 Å². The predicted octanol–water partition coefficient (Wildman–Crippen LogP) is 4.76. The number of rotatable bonds is 13. The molecule has 1 aromatic carbocycles. The lowest BCUT2D eigenvalue weighted by atomic mass is 9.89. The number of anilines is 1. The van der Waals surface area contributed by atoms with E-state index in [4.69, 9.17) is 37.7 Å². The number of aliphatic hydroxyl groups is 1. The van der Waals surface area contributed by atoms with Gasteiger partial charge in [-0.15, -0.1) is 0 Å². The molecule has 49 heavy (non-hydrogen) atoms. The Bertz CT molecular complexity index is 1850. The van der Waals surface area contributed by atoms with Gasteiger partial charge in [0.2, 0.25) is 11.8 Å². The van der Waals surface area contributed by atoms with E-state index in [-0.39, 0.29) is 34.8 Å². The first-order chi connectivity index (χ1) is 23.7. The number of nitrogens with zero attached hydrogens (tertiary/aromatic N) is 3. The second kappa shape index (κ2) is 15.5. The average molecular weight is 707 g/mol. The number of carbonyl (C=O) groups is 2. The molecule has 12 nitrogen and oxygen atoms in total. The first kappa shape index (κ1) is 34.5. The van der Waals surface area contributed by atoms with Gasteiger partial charge in [0.25, 0.3) is 5.91 Å². The highest BCUT2D eigenvalue weighted by atomic mass is 35.5. The average Bonchev–Trinajstić information content (AvgIpc) is 3.52. The molecular weight excluding hydrogens is 669 g/mol. The SMILES string of the molecule is COc1cc(C(=O)Nc2cccc(-c3nccc(-c4ccc(CNC[C@H]5CCC(=O)N5)c(OC)n4)c3Cl)c2Cl)ncc1CNC1CC(O)C1. The Kier molecular flexibility index (Phi) is 10.9. The maximum Gasteiger partial charge on any atom is 0.274 e. The number of ether oxygens (including phenoxy) is 2. The molecule has 0 radical (unpaired) electrons. The van der Waals surface area contributed by atoms with E-state index in [1.54, 1.807) is 49.8 Å². The summed E-state index contributed by atoms with van der Waals surface area (Å²) in [7, 11) is 3.10. The number of pyridine rings is 3. The molecule has 0 spiro atoms. The van der Waals surface area contributed by atoms with Crippen molar-refractivity contribution in [2.24, 2.45) is 0 Å². The summed E-state index contributed by atoms with van der Waals surface area (Å²) in [5.41, 5.74) is 4.33. The largest absolute Gasteiger partial charge is 0.496 e. The van der Waals surface area contributed by atoms with E-state index < -0.39 is 5.91 Å². The summed E-state index contributed by atoms with van der Waals surface area (Å²) in [6.07, 6.45) is 5.76. The van der Waals surface area contributed by atoms with Crippen molar-refractivity contribution >= 4 is 40.7 Å². The van der Waals surface area contributed by atoms with Crippen molar-refractivity contribution in [3.05, 3.63) is 81.7 Å². The highest BCUT2D eigenvalue weighted by Crippen LogP contribution is 2.40. The van der Waals surface area contributed by atoms with Crippen LogP contribution in [0.3, 0.4) is 0 Å². The normalized spacial score (nSPS) is 18.5. The minimum absolute atomic E-state index is 0.0810. The van der Waals surface area contributed by atoms with Crippen LogP contribution in [0.5, 0.6) is 11.6 Å². The first-order valence-electron chi connectivity index (χ1n) is 16.0. The molecule has 4 heterocycles. The summed E-state index contributed by atoms with van der Waals surface area (Å²) >= 11 is 13.8. The van der Waals surface area contributed by atoms with Gasteiger partial charge in [-0.05, 0) is 37.5 Å². The number of methoxy groups -OCH3 is 2. The van der Waals surface area contributed by atoms with Crippen LogP contribution in [-0.4, -0.2) is 70.8 Å². The number of carbonyl (C=O) groups excluding carboxylic acids is 2. The van der Waals surface area contributed by atoms with E-state index in [9.17, 15) is 14.7 Å². The summed E-state index contributed by atoms with van der Waals surface area (Å²) in [5, 5.41) is 22.6. The van der Waals surface area contributed by atoms with Crippen LogP contribution in [0, 0.1) is 0 Å². The van der Waals surface area contributed by atoms with Crippen LogP contribution >= 0.6 is 23.2 Å². The molecule has 0 unspecified atom stereocenters. The van der Waals surface area contributed by atoms with Gasteiger partial charge in [-0.2, -0.15) is 0 Å². The Labute approximate surface area is 294 Å². The standard InChI is InChI=1S/C35H37Cl2N7O5/c1-48-29-14-28(41-17-20(29)16-40-22-12-23(45)13-22)34(47)43-27-5-3-4-25(31(27)36)33-32(37)24(10-11-39-33)26-8-6-19(35(44-26)49-2)15-38-18-21-7-9-30(46)42-21/h3-6,8,10-11,14,17,21-23,38,40,45H,7,9,12-13,15-16,18H2,1-2H3,(H,42,46)(H,43,47)/t21-,22?,23?/m1/s1. The van der Waals surface area contributed by atoms with Gasteiger partial charge in [0.15, 0.2) is 0 Å². The van der Waals surface area contributed by atoms with Crippen molar-refractivity contribution in [3.8, 4) is 34.1 Å². The maximum atomic E-state index is 13.3. The number of aliphatic hydroxyl groups excluding tert-OH is 1. The molecule has 1 saturated heterocycles. The van der Waals surface area contributed by atoms with Gasteiger partial charge < -0.3 is 35.8 Å². The summed E-state index contributed by atoms with van der Waals surface area (Å²) < 4.78 is 11.1. The number of halogens is 2. The van der Waals surface area contributed by atoms with E-state index in [0.717, 1.165) is 17.5 Å². The highest BCUT2D eigenvalue weighted by Gasteiger charge is 2.27. The lowest BCUT2D eigenvalue weighted by Gasteiger charge is -2.32. The Morgan fingerprint density at radius 3 is 2.59 bits per heavy atom. The Morgan fingerprint density at radius 1 is 1.02 bits per heavy atom. The van der Waals surface area contributed by atoms with Crippen LogP contribution < -0.4 is 30.7 Å². The third-order valence-electron chi connectivity index (χ3n) is 8.68. The molecule has 3 aromatic heterocycles. The molecule has 2 amide bonds. The first-order valence-corrected chi connectivity index (χ1v) is 16.7. The third-order valence-corrected chi connectivity index (χ3v) is 9.47. The van der Waals surface area contributed by atoms with Crippen molar-refractivity contribution in [3.63, 3.8) is 0 Å². The summed E-state index contributed by atoms with van der Waals surface area (Å²) in [6, 6.07) is 12.7. The van der Waals surface area contributed by atoms with Crippen LogP contribution in [0.1, 0.15) is 47.3 Å². The quantitative estimate of drug-likeness (QED) is 0.131. The number of hydrogen-bond acceptors (Lipinski definition) is 10. The molecule has 0 bridgehead atoms. The predicted molar refractivity (Wildman–Crippen MR) is 187 cm³/mol. The smallest absolute Gasteiger partial charge is 0.274 e. The monoisotopic (exact) mass is 705 g/mol. The second-order valence-electron chi connectivity index (χ2n) is 12.0. The molecule has 1 saturated carbocycles. The van der Waals surface area contributed by atoms with Gasteiger partial charge in [-0.3, -0.25) is 19.6 Å². The minimum Gasteiger partial charge on any atom is -0.496 e. The van der Waals surface area contributed by atoms with E-state index in [1.165, 1.54) is 7.11 Å². The Hall–Kier alpha value is -4.33. The fourth-order valence-electron chi connectivity index (χ4n) is 5.89. The molecule has 1 aliphatic heterocycles. The lowest BCUT2D eigenvalue weighted by molar-refractivity contribution is -0.119. The van der Waals surface area contributed by atoms with Crippen molar-refractivity contribution in [1.29, 1.82) is 0 Å². The van der Waals surface area contributed by atoms with Gasteiger partial charge in [-0.25, -0.2) is 4.98 Å². The fraction of sp³-hybridized carbons (Fsp3) is 0.343. The van der Waals surface area contributed by atoms with Crippen LogP contribution in [-0.2, 0) is 17.9 Å². The zero-order valence-electron chi connectivity index (χ0n) is 27.1. The number of amides is 2. The zero-order valence-corrected chi connectivity index (χ0v) is 28.6. The molecule has 1 atom stereocenters. The molecule has 1 aliphatic carbocycles. The van der Waals surface area contributed by atoms with E-state index >= 15 is 0 Å². The summed E-state index contributed by atoms with van der Waals surface area (Å²) in [6.45, 7) is 1.67. The zero-order chi connectivity index (χ0) is 34.5. The Morgan fingerprint density at radius 2 is 1.86 bits per heavy atom. The number of aromatic nitrogens is 3. The van der Waals surface area contributed by atoms with E-state index in [1.807, 2.05) is 12.1 Å². The molecule has 256 valence electrons. The summed E-state index contributed by atoms with van der Waals surface area (Å²) in [5.74, 6) is 0.585. The summed E-state index contributed by atoms with van der Waals surface area (Å²) in [4.78, 5) is 38.4. The maximum absolute atomic E-state index is 13.3. The number of hydrogen-bond donors (Lipinski definition) is 5. The van der Waals surface area contributed by atoms with Gasteiger partial charge in [0.05, 0.1) is 47.4 Å². The van der Waals surface area contributed by atoms with Gasteiger partial charge in [0, 0.05) is 78.9 Å². The van der Waals surface area contributed by atoms with Gasteiger partial charge in [-0.1, -0.05) is 41.4 Å². The third kappa shape index (κ3) is 7.95. The number of benzene rings is 1. The van der Waals surface area contributed by atoms with Gasteiger partial charge >= 0.3 is 0 Å². The number of nitrogens with one attached hydrogen (secondary N) is 4. The minimum atomic E-state index is -0.467. The van der Waals surface area contributed by atoms with Gasteiger partial charge in [0.1, 0.15) is 11.4 Å². The van der Waals surface area contributed by atoms with Crippen LogP contribution in [0.4, 0.5) is 5.69 Å². The molecule has 2 fully saturated rings. The topological polar surface area (TPSA) is 160 Å². The molecular formula is C35H37Cl2N7O5. The van der Waals surface area contributed by atoms with Crippen molar-refractivity contribution in [2.75, 3.05) is 26.1 Å². The fourth-order valence-corrected chi connectivity index (χ4v) is 6.46. The lowest BCUT2D eigenvalue weighted by Crippen LogP contribution is -2.43. The van der Waals surface area contributed by atoms with E-state index in [2.05, 4.69) is 31.2 Å². The van der Waals surface area contributed by atoms with E-state index in [0.29, 0.717) is 83.8 Å². The van der Waals surface area contributed by atoms with Crippen LogP contribution in [0.2, 0.25) is 10.0 Å². The van der Waals surface area contributed by atoms with Crippen molar-refractivity contribution in [2.45, 2.75) is 57.0 Å². The molecule has 5 N–H and O–H groups in total. The van der Waals surface area contributed by atoms with Crippen molar-refractivity contribution < 1.29 is 24.2 Å². The Balaban J connectivity index is 1.17. The molecule has 6 rings (SSSR count). The molecule has 14 heteroatoms.